The van der Waals surface area contributed by atoms with Gasteiger partial charge >= 0.3 is 0 Å². The van der Waals surface area contributed by atoms with Crippen molar-refractivity contribution < 1.29 is 4.79 Å². The summed E-state index contributed by atoms with van der Waals surface area (Å²) in [7, 11) is 0. The fourth-order valence-electron chi connectivity index (χ4n) is 2.24. The molecule has 0 aliphatic rings. The van der Waals surface area contributed by atoms with E-state index in [1.807, 2.05) is 31.2 Å². The number of nitrogens with two attached hydrogens (primary N) is 1. The number of aromatic nitrogens is 2. The predicted octanol–water partition coefficient (Wildman–Crippen LogP) is 4.37. The first-order valence-corrected chi connectivity index (χ1v) is 8.40. The molecule has 0 aliphatic carbocycles. The summed E-state index contributed by atoms with van der Waals surface area (Å²) in [4.78, 5) is 21.3. The van der Waals surface area contributed by atoms with Gasteiger partial charge in [0.05, 0.1) is 5.02 Å². The van der Waals surface area contributed by atoms with Crippen LogP contribution in [0.15, 0.2) is 36.7 Å². The second kappa shape index (κ2) is 6.59. The molecule has 0 bridgehead atoms. The maximum Gasteiger partial charge on any atom is 0.208 e. The van der Waals surface area contributed by atoms with Crippen LogP contribution >= 0.6 is 22.9 Å². The molecule has 0 saturated carbocycles. The number of halogens is 1. The molecule has 0 radical (unpaired) electrons. The van der Waals surface area contributed by atoms with Crippen LogP contribution in [0.4, 0.5) is 16.6 Å². The molecule has 2 aromatic heterocycles. The van der Waals surface area contributed by atoms with Crippen molar-refractivity contribution >= 4 is 45.4 Å². The minimum absolute atomic E-state index is 0.187. The lowest BCUT2D eigenvalue weighted by Crippen LogP contribution is -2.06. The number of pyridine rings is 1. The first-order valence-electron chi connectivity index (χ1n) is 7.20. The van der Waals surface area contributed by atoms with E-state index < -0.39 is 0 Å². The SMILES string of the molecule is Cc1ccc(Nc2nc(N)c(C(=O)c3c(C)cncc3Cl)s2)cc1. The zero-order valence-corrected chi connectivity index (χ0v) is 14.7. The van der Waals surface area contributed by atoms with Crippen molar-refractivity contribution in [1.82, 2.24) is 9.97 Å². The quantitative estimate of drug-likeness (QED) is 0.677. The molecule has 0 spiro atoms. The molecule has 1 aromatic carbocycles. The molecule has 0 fully saturated rings. The van der Waals surface area contributed by atoms with Gasteiger partial charge in [0.2, 0.25) is 5.78 Å². The number of hydrogen-bond donors (Lipinski definition) is 2. The minimum Gasteiger partial charge on any atom is -0.382 e. The number of rotatable bonds is 4. The number of ketones is 1. The van der Waals surface area contributed by atoms with Crippen LogP contribution in [-0.2, 0) is 0 Å². The first kappa shape index (κ1) is 16.4. The lowest BCUT2D eigenvalue weighted by molar-refractivity contribution is 0.104. The third-order valence-electron chi connectivity index (χ3n) is 3.48. The Kier molecular flexibility index (Phi) is 4.51. The van der Waals surface area contributed by atoms with Gasteiger partial charge in [0.1, 0.15) is 10.7 Å². The van der Waals surface area contributed by atoms with Gasteiger partial charge in [-0.3, -0.25) is 9.78 Å². The zero-order chi connectivity index (χ0) is 17.3. The largest absolute Gasteiger partial charge is 0.382 e. The molecule has 24 heavy (non-hydrogen) atoms. The van der Waals surface area contributed by atoms with E-state index in [0.29, 0.717) is 26.2 Å². The van der Waals surface area contributed by atoms with E-state index in [4.69, 9.17) is 17.3 Å². The van der Waals surface area contributed by atoms with Crippen LogP contribution in [0.5, 0.6) is 0 Å². The van der Waals surface area contributed by atoms with E-state index in [9.17, 15) is 4.79 Å². The van der Waals surface area contributed by atoms with Gasteiger partial charge in [0.25, 0.3) is 0 Å². The second-order valence-corrected chi connectivity index (χ2v) is 6.77. The molecule has 0 saturated heterocycles. The number of aryl methyl sites for hydroxylation is 2. The lowest BCUT2D eigenvalue weighted by Gasteiger charge is -2.05. The van der Waals surface area contributed by atoms with Crippen LogP contribution in [0.2, 0.25) is 5.02 Å². The van der Waals surface area contributed by atoms with E-state index in [1.165, 1.54) is 17.5 Å². The van der Waals surface area contributed by atoms with Crippen LogP contribution in [0.3, 0.4) is 0 Å². The molecule has 3 rings (SSSR count). The zero-order valence-electron chi connectivity index (χ0n) is 13.1. The summed E-state index contributed by atoms with van der Waals surface area (Å²) in [5.74, 6) is -0.0567. The number of carbonyl (C=O) groups is 1. The Morgan fingerprint density at radius 3 is 2.58 bits per heavy atom. The summed E-state index contributed by atoms with van der Waals surface area (Å²) in [5.41, 5.74) is 9.09. The van der Waals surface area contributed by atoms with Crippen LogP contribution in [-0.4, -0.2) is 15.8 Å². The summed E-state index contributed by atoms with van der Waals surface area (Å²) >= 11 is 7.33. The lowest BCUT2D eigenvalue weighted by atomic mass is 10.1. The molecule has 0 unspecified atom stereocenters. The first-order chi connectivity index (χ1) is 11.5. The monoisotopic (exact) mass is 358 g/mol. The van der Waals surface area contributed by atoms with Gasteiger partial charge in [0, 0.05) is 23.6 Å². The number of carbonyl (C=O) groups excluding carboxylic acids is 1. The maximum absolute atomic E-state index is 12.8. The van der Waals surface area contributed by atoms with E-state index >= 15 is 0 Å². The third kappa shape index (κ3) is 3.25. The van der Waals surface area contributed by atoms with Gasteiger partial charge in [0.15, 0.2) is 5.13 Å². The number of benzene rings is 1. The number of nitrogens with one attached hydrogen (secondary N) is 1. The smallest absolute Gasteiger partial charge is 0.208 e. The molecule has 2 heterocycles. The summed E-state index contributed by atoms with van der Waals surface area (Å²) < 4.78 is 0. The van der Waals surface area contributed by atoms with Crippen molar-refractivity contribution in [2.24, 2.45) is 0 Å². The highest BCUT2D eigenvalue weighted by atomic mass is 35.5. The molecule has 0 atom stereocenters. The van der Waals surface area contributed by atoms with Crippen molar-refractivity contribution in [1.29, 1.82) is 0 Å². The third-order valence-corrected chi connectivity index (χ3v) is 4.75. The molecular weight excluding hydrogens is 344 g/mol. The van der Waals surface area contributed by atoms with Gasteiger partial charge in [-0.15, -0.1) is 0 Å². The number of anilines is 3. The van der Waals surface area contributed by atoms with Gasteiger partial charge in [-0.1, -0.05) is 40.6 Å². The van der Waals surface area contributed by atoms with Gasteiger partial charge in [-0.25, -0.2) is 4.98 Å². The summed E-state index contributed by atoms with van der Waals surface area (Å²) in [6.45, 7) is 3.80. The highest BCUT2D eigenvalue weighted by molar-refractivity contribution is 7.18. The van der Waals surface area contributed by atoms with E-state index in [1.54, 1.807) is 13.1 Å². The Balaban J connectivity index is 1.91. The highest BCUT2D eigenvalue weighted by Crippen LogP contribution is 2.32. The fourth-order valence-corrected chi connectivity index (χ4v) is 3.38. The molecule has 3 aromatic rings. The summed E-state index contributed by atoms with van der Waals surface area (Å²) in [6, 6.07) is 7.87. The number of nitrogens with zero attached hydrogens (tertiary/aromatic N) is 2. The Morgan fingerprint density at radius 2 is 1.92 bits per heavy atom. The van der Waals surface area contributed by atoms with Crippen LogP contribution in [0.25, 0.3) is 0 Å². The summed E-state index contributed by atoms with van der Waals surface area (Å²) in [6.07, 6.45) is 3.05. The average Bonchev–Trinajstić information content (AvgIpc) is 2.90. The maximum atomic E-state index is 12.8. The van der Waals surface area contributed by atoms with Crippen molar-refractivity contribution in [2.45, 2.75) is 13.8 Å². The van der Waals surface area contributed by atoms with Gasteiger partial charge < -0.3 is 11.1 Å². The topological polar surface area (TPSA) is 80.9 Å². The van der Waals surface area contributed by atoms with Crippen molar-refractivity contribution in [3.8, 4) is 0 Å². The Hall–Kier alpha value is -2.44. The average molecular weight is 359 g/mol. The van der Waals surface area contributed by atoms with E-state index in [2.05, 4.69) is 15.3 Å². The Morgan fingerprint density at radius 1 is 1.21 bits per heavy atom. The van der Waals surface area contributed by atoms with Crippen molar-refractivity contribution in [2.75, 3.05) is 11.1 Å². The van der Waals surface area contributed by atoms with Crippen LogP contribution in [0, 0.1) is 13.8 Å². The normalized spacial score (nSPS) is 10.6. The predicted molar refractivity (Wildman–Crippen MR) is 98.4 cm³/mol. The molecule has 0 amide bonds. The van der Waals surface area contributed by atoms with E-state index in [-0.39, 0.29) is 11.6 Å². The molecule has 122 valence electrons. The van der Waals surface area contributed by atoms with Crippen molar-refractivity contribution in [3.05, 3.63) is 63.2 Å². The van der Waals surface area contributed by atoms with Crippen molar-refractivity contribution in [3.63, 3.8) is 0 Å². The molecule has 7 heteroatoms. The second-order valence-electron chi connectivity index (χ2n) is 5.37. The van der Waals surface area contributed by atoms with Crippen LogP contribution < -0.4 is 11.1 Å². The number of nitrogen functional groups attached to an aromatic ring is 1. The molecule has 0 aliphatic heterocycles. The molecule has 5 nitrogen and oxygen atoms in total. The Labute approximate surface area is 148 Å². The molecular formula is C17H15ClN4OS. The summed E-state index contributed by atoms with van der Waals surface area (Å²) in [5, 5.41) is 4.02. The fraction of sp³-hybridized carbons (Fsp3) is 0.118. The number of hydrogen-bond acceptors (Lipinski definition) is 6. The minimum atomic E-state index is -0.244. The van der Waals surface area contributed by atoms with E-state index in [0.717, 1.165) is 11.3 Å². The Bertz CT molecular complexity index is 885. The highest BCUT2D eigenvalue weighted by Gasteiger charge is 2.22. The van der Waals surface area contributed by atoms with Crippen LogP contribution in [0.1, 0.15) is 26.4 Å². The molecule has 3 N–H and O–H groups in total. The van der Waals surface area contributed by atoms with Gasteiger partial charge in [-0.2, -0.15) is 0 Å². The number of thiazole rings is 1. The standard InChI is InChI=1S/C17H15ClN4OS/c1-9-3-5-11(6-4-9)21-17-22-16(19)15(24-17)14(23)13-10(2)7-20-8-12(13)18/h3-8H,19H2,1-2H3,(H,21,22). The van der Waals surface area contributed by atoms with Gasteiger partial charge in [-0.05, 0) is 31.5 Å².